The minimum atomic E-state index is 0.665. The molecule has 0 saturated heterocycles. The molecule has 4 nitrogen and oxygen atoms in total. The molecule has 0 amide bonds. The molecule has 2 aromatic heterocycles. The summed E-state index contributed by atoms with van der Waals surface area (Å²) < 4.78 is 12.5. The van der Waals surface area contributed by atoms with Crippen molar-refractivity contribution in [2.45, 2.75) is 0 Å². The Hall–Kier alpha value is -1.14. The molecule has 3 heterocycles. The quantitative estimate of drug-likeness (QED) is 0.742. The van der Waals surface area contributed by atoms with E-state index in [1.807, 2.05) is 43.5 Å². The van der Waals surface area contributed by atoms with Crippen molar-refractivity contribution < 1.29 is 8.83 Å². The molecular formula is C15H7Br2N2O2. The number of halogens is 2. The molecule has 1 aliphatic heterocycles. The first-order valence-electron chi connectivity index (χ1n) is 6.16. The highest BCUT2D eigenvalue weighted by Gasteiger charge is 2.42. The van der Waals surface area contributed by atoms with Crippen LogP contribution < -0.4 is 0 Å². The van der Waals surface area contributed by atoms with Gasteiger partial charge in [-0.3, -0.25) is 0 Å². The van der Waals surface area contributed by atoms with Gasteiger partial charge in [0.2, 0.25) is 0 Å². The number of nitrogens with zero attached hydrogens (tertiary/aromatic N) is 2. The predicted molar refractivity (Wildman–Crippen MR) is 85.3 cm³/mol. The summed E-state index contributed by atoms with van der Waals surface area (Å²) in [5.74, 6) is 3.32. The summed E-state index contributed by atoms with van der Waals surface area (Å²) in [7, 11) is 0. The highest BCUT2D eigenvalue weighted by molar-refractivity contribution is 9.10. The molecule has 1 saturated carbocycles. The summed E-state index contributed by atoms with van der Waals surface area (Å²) in [4.78, 5) is 0. The standard InChI is InChI=1S/C15H7Br2N2O2/c16-12-6-4-10(20-12)14-8-2-1-3-9(8)15(19-18-14)11-5-7-13(17)21-11/h1-7H. The first-order valence-corrected chi connectivity index (χ1v) is 7.74. The van der Waals surface area contributed by atoms with E-state index in [1.165, 1.54) is 0 Å². The number of furan rings is 2. The fraction of sp³-hybridized carbons (Fsp3) is 0. The summed E-state index contributed by atoms with van der Waals surface area (Å²) in [6.07, 6.45) is 5.96. The summed E-state index contributed by atoms with van der Waals surface area (Å²) in [6, 6.07) is 7.40. The monoisotopic (exact) mass is 405 g/mol. The Morgan fingerprint density at radius 2 is 1.19 bits per heavy atom. The molecule has 103 valence electrons. The van der Waals surface area contributed by atoms with Crippen LogP contribution in [0.5, 0.6) is 0 Å². The van der Waals surface area contributed by atoms with Crippen molar-refractivity contribution in [3.05, 3.63) is 76.2 Å². The maximum atomic E-state index is 5.58. The van der Waals surface area contributed by atoms with Gasteiger partial charge >= 0.3 is 0 Å². The topological polar surface area (TPSA) is 51.0 Å². The average molecular weight is 407 g/mol. The maximum absolute atomic E-state index is 5.58. The summed E-state index contributed by atoms with van der Waals surface area (Å²) in [5, 5.41) is 8.62. The SMILES string of the molecule is Brc1ccc(C2=NN=C(c3ccc(Br)o3)[C]3[CH][CH][CH][C]32)o1. The van der Waals surface area contributed by atoms with Gasteiger partial charge in [-0.1, -0.05) is 0 Å². The molecule has 5 radical (unpaired) electrons. The van der Waals surface area contributed by atoms with Crippen molar-refractivity contribution in [2.75, 3.05) is 0 Å². The van der Waals surface area contributed by atoms with Gasteiger partial charge in [-0.05, 0) is 75.4 Å². The third-order valence-corrected chi connectivity index (χ3v) is 4.04. The average Bonchev–Trinajstić information content (AvgIpc) is 3.18. The Morgan fingerprint density at radius 1 is 0.714 bits per heavy atom. The predicted octanol–water partition coefficient (Wildman–Crippen LogP) is 4.38. The van der Waals surface area contributed by atoms with E-state index in [2.05, 4.69) is 42.1 Å². The van der Waals surface area contributed by atoms with Crippen LogP contribution in [0.2, 0.25) is 0 Å². The fourth-order valence-electron chi connectivity index (χ4n) is 2.29. The third-order valence-electron chi connectivity index (χ3n) is 3.19. The number of rotatable bonds is 2. The molecular weight excluding hydrogens is 400 g/mol. The van der Waals surface area contributed by atoms with E-state index in [4.69, 9.17) is 8.83 Å². The maximum Gasteiger partial charge on any atom is 0.169 e. The van der Waals surface area contributed by atoms with E-state index in [0.29, 0.717) is 20.9 Å². The van der Waals surface area contributed by atoms with Crippen LogP contribution >= 0.6 is 31.9 Å². The van der Waals surface area contributed by atoms with Crippen molar-refractivity contribution in [3.8, 4) is 0 Å². The highest BCUT2D eigenvalue weighted by Crippen LogP contribution is 2.41. The lowest BCUT2D eigenvalue weighted by Crippen LogP contribution is -2.26. The van der Waals surface area contributed by atoms with Gasteiger partial charge in [0.1, 0.15) is 11.4 Å². The molecule has 1 fully saturated rings. The first kappa shape index (κ1) is 13.5. The Balaban J connectivity index is 1.77. The van der Waals surface area contributed by atoms with E-state index in [0.717, 1.165) is 23.3 Å². The Kier molecular flexibility index (Phi) is 3.38. The summed E-state index contributed by atoms with van der Waals surface area (Å²) in [5.41, 5.74) is 1.44. The molecule has 0 aromatic carbocycles. The Bertz CT molecular complexity index is 682. The van der Waals surface area contributed by atoms with Gasteiger partial charge in [-0.2, -0.15) is 10.2 Å². The smallest absolute Gasteiger partial charge is 0.169 e. The van der Waals surface area contributed by atoms with Crippen LogP contribution in [0.3, 0.4) is 0 Å². The minimum Gasteiger partial charge on any atom is -0.448 e. The fourth-order valence-corrected chi connectivity index (χ4v) is 2.90. The van der Waals surface area contributed by atoms with Crippen molar-refractivity contribution in [2.24, 2.45) is 10.2 Å². The zero-order chi connectivity index (χ0) is 14.4. The number of hydrogen-bond donors (Lipinski definition) is 0. The molecule has 2 aromatic rings. The zero-order valence-electron chi connectivity index (χ0n) is 10.5. The van der Waals surface area contributed by atoms with Gasteiger partial charge in [0.25, 0.3) is 0 Å². The lowest BCUT2D eigenvalue weighted by Gasteiger charge is -2.22. The molecule has 0 unspecified atom stereocenters. The molecule has 21 heavy (non-hydrogen) atoms. The number of hydrogen-bond acceptors (Lipinski definition) is 4. The second-order valence-corrected chi connectivity index (χ2v) is 6.02. The van der Waals surface area contributed by atoms with Crippen LogP contribution in [0.25, 0.3) is 0 Å². The van der Waals surface area contributed by atoms with Gasteiger partial charge in [0.15, 0.2) is 20.9 Å². The van der Waals surface area contributed by atoms with Crippen LogP contribution in [0.4, 0.5) is 0 Å². The van der Waals surface area contributed by atoms with Crippen molar-refractivity contribution in [1.29, 1.82) is 0 Å². The first-order chi connectivity index (χ1) is 10.2. The van der Waals surface area contributed by atoms with E-state index in [-0.39, 0.29) is 0 Å². The van der Waals surface area contributed by atoms with Crippen molar-refractivity contribution in [1.82, 2.24) is 0 Å². The van der Waals surface area contributed by atoms with Gasteiger partial charge in [0.05, 0.1) is 0 Å². The van der Waals surface area contributed by atoms with Crippen molar-refractivity contribution in [3.63, 3.8) is 0 Å². The van der Waals surface area contributed by atoms with Crippen LogP contribution in [0.1, 0.15) is 11.5 Å². The van der Waals surface area contributed by atoms with Crippen LogP contribution in [-0.4, -0.2) is 11.4 Å². The van der Waals surface area contributed by atoms with Gasteiger partial charge in [-0.25, -0.2) is 0 Å². The molecule has 1 aliphatic carbocycles. The molecule has 0 bridgehead atoms. The molecule has 6 heteroatoms. The summed E-state index contributed by atoms with van der Waals surface area (Å²) in [6.45, 7) is 0. The lowest BCUT2D eigenvalue weighted by atomic mass is 9.85. The lowest BCUT2D eigenvalue weighted by molar-refractivity contribution is 0.528. The molecule has 0 N–H and O–H groups in total. The van der Waals surface area contributed by atoms with Gasteiger partial charge in [-0.15, -0.1) is 0 Å². The van der Waals surface area contributed by atoms with Crippen LogP contribution in [0.15, 0.2) is 52.6 Å². The van der Waals surface area contributed by atoms with Crippen molar-refractivity contribution >= 4 is 43.3 Å². The minimum absolute atomic E-state index is 0.665. The largest absolute Gasteiger partial charge is 0.448 e. The van der Waals surface area contributed by atoms with Crippen LogP contribution in [0, 0.1) is 31.1 Å². The van der Waals surface area contributed by atoms with Crippen LogP contribution in [-0.2, 0) is 0 Å². The molecule has 0 atom stereocenters. The number of fused-ring (bicyclic) bond motifs is 1. The van der Waals surface area contributed by atoms with Gasteiger partial charge < -0.3 is 8.83 Å². The molecule has 4 rings (SSSR count). The van der Waals surface area contributed by atoms with E-state index in [1.54, 1.807) is 0 Å². The second kappa shape index (κ2) is 5.25. The van der Waals surface area contributed by atoms with E-state index < -0.39 is 0 Å². The Labute approximate surface area is 138 Å². The molecule has 0 spiro atoms. The summed E-state index contributed by atoms with van der Waals surface area (Å²) >= 11 is 6.61. The van der Waals surface area contributed by atoms with E-state index >= 15 is 0 Å². The Morgan fingerprint density at radius 3 is 1.57 bits per heavy atom. The molecule has 2 aliphatic rings. The zero-order valence-corrected chi connectivity index (χ0v) is 13.7. The van der Waals surface area contributed by atoms with Gasteiger partial charge in [0, 0.05) is 11.8 Å². The van der Waals surface area contributed by atoms with E-state index in [9.17, 15) is 0 Å². The second-order valence-electron chi connectivity index (χ2n) is 4.46. The normalized spacial score (nSPS) is 19.5. The third kappa shape index (κ3) is 2.34. The highest BCUT2D eigenvalue weighted by atomic mass is 79.9.